The van der Waals surface area contributed by atoms with Crippen molar-refractivity contribution in [3.63, 3.8) is 0 Å². The molecule has 0 saturated carbocycles. The predicted octanol–water partition coefficient (Wildman–Crippen LogP) is 5.91. The lowest BCUT2D eigenvalue weighted by Gasteiger charge is -2.37. The SMILES string of the molecule is CCOC(=O)c1ccc(NC(=O)c2cc(Br)c3c(c2)C(C2CCN(C)CC2)=CC(C)(C)O3)cc1F. The van der Waals surface area contributed by atoms with Gasteiger partial charge in [-0.3, -0.25) is 4.79 Å². The van der Waals surface area contributed by atoms with Crippen LogP contribution in [0, 0.1) is 11.7 Å². The number of allylic oxidation sites excluding steroid dienone is 1. The fraction of sp³-hybridized carbons (Fsp3) is 0.407. The Hall–Kier alpha value is -2.71. The Morgan fingerprint density at radius 2 is 1.94 bits per heavy atom. The van der Waals surface area contributed by atoms with E-state index in [2.05, 4.69) is 39.3 Å². The molecule has 1 amide bonds. The van der Waals surface area contributed by atoms with Crippen molar-refractivity contribution < 1.29 is 23.5 Å². The maximum absolute atomic E-state index is 14.4. The average Bonchev–Trinajstić information content (AvgIpc) is 2.79. The van der Waals surface area contributed by atoms with Gasteiger partial charge in [0.2, 0.25) is 0 Å². The average molecular weight is 545 g/mol. The number of hydrogen-bond donors (Lipinski definition) is 1. The van der Waals surface area contributed by atoms with Crippen LogP contribution >= 0.6 is 15.9 Å². The van der Waals surface area contributed by atoms with Gasteiger partial charge in [-0.1, -0.05) is 0 Å². The molecule has 0 atom stereocenters. The molecule has 0 aromatic heterocycles. The van der Waals surface area contributed by atoms with E-state index in [1.165, 1.54) is 17.7 Å². The summed E-state index contributed by atoms with van der Waals surface area (Å²) in [5.41, 5.74) is 2.14. The predicted molar refractivity (Wildman–Crippen MR) is 137 cm³/mol. The molecule has 1 saturated heterocycles. The summed E-state index contributed by atoms with van der Waals surface area (Å²) in [5.74, 6) is -0.770. The van der Waals surface area contributed by atoms with Gasteiger partial charge in [-0.25, -0.2) is 9.18 Å². The fourth-order valence-corrected chi connectivity index (χ4v) is 5.16. The fourth-order valence-electron chi connectivity index (χ4n) is 4.62. The lowest BCUT2D eigenvalue weighted by atomic mass is 9.81. The van der Waals surface area contributed by atoms with E-state index in [4.69, 9.17) is 9.47 Å². The van der Waals surface area contributed by atoms with Gasteiger partial charge in [0, 0.05) is 16.8 Å². The minimum Gasteiger partial charge on any atom is -0.482 e. The normalized spacial score (nSPS) is 17.7. The Balaban J connectivity index is 1.62. The number of esters is 1. The summed E-state index contributed by atoms with van der Waals surface area (Å²) < 4.78 is 26.2. The van der Waals surface area contributed by atoms with Crippen molar-refractivity contribution in [1.82, 2.24) is 4.90 Å². The highest BCUT2D eigenvalue weighted by Gasteiger charge is 2.33. The van der Waals surface area contributed by atoms with Gasteiger partial charge in [0.15, 0.2) is 0 Å². The summed E-state index contributed by atoms with van der Waals surface area (Å²) in [6, 6.07) is 7.47. The molecule has 2 aliphatic heterocycles. The summed E-state index contributed by atoms with van der Waals surface area (Å²) in [5, 5.41) is 2.73. The zero-order valence-electron chi connectivity index (χ0n) is 20.4. The van der Waals surface area contributed by atoms with Gasteiger partial charge >= 0.3 is 5.97 Å². The number of halogens is 2. The van der Waals surface area contributed by atoms with Crippen LogP contribution in [0.4, 0.5) is 10.1 Å². The zero-order valence-corrected chi connectivity index (χ0v) is 22.0. The van der Waals surface area contributed by atoms with E-state index in [-0.39, 0.29) is 23.8 Å². The molecule has 0 spiro atoms. The topological polar surface area (TPSA) is 67.9 Å². The van der Waals surface area contributed by atoms with Crippen LogP contribution in [0.25, 0.3) is 5.57 Å². The monoisotopic (exact) mass is 544 g/mol. The van der Waals surface area contributed by atoms with Gasteiger partial charge in [0.1, 0.15) is 17.2 Å². The molecule has 0 bridgehead atoms. The number of nitrogens with zero attached hydrogens (tertiary/aromatic N) is 1. The zero-order chi connectivity index (χ0) is 25.3. The Morgan fingerprint density at radius 3 is 2.60 bits per heavy atom. The number of carbonyl (C=O) groups is 2. The number of ether oxygens (including phenoxy) is 2. The molecule has 0 aliphatic carbocycles. The molecule has 1 fully saturated rings. The number of amides is 1. The molecule has 186 valence electrons. The van der Waals surface area contributed by atoms with Crippen LogP contribution in [0.3, 0.4) is 0 Å². The Labute approximate surface area is 213 Å². The van der Waals surface area contributed by atoms with Crippen molar-refractivity contribution in [3.05, 3.63) is 63.4 Å². The molecule has 0 unspecified atom stereocenters. The van der Waals surface area contributed by atoms with Crippen LogP contribution in [0.1, 0.15) is 59.9 Å². The summed E-state index contributed by atoms with van der Waals surface area (Å²) in [7, 11) is 2.13. The minimum absolute atomic E-state index is 0.152. The number of piperidine rings is 1. The molecule has 2 aromatic carbocycles. The van der Waals surface area contributed by atoms with E-state index in [1.54, 1.807) is 13.0 Å². The first kappa shape index (κ1) is 25.4. The van der Waals surface area contributed by atoms with E-state index in [1.807, 2.05) is 19.9 Å². The maximum atomic E-state index is 14.4. The molecule has 2 heterocycles. The van der Waals surface area contributed by atoms with Gasteiger partial charge in [-0.15, -0.1) is 0 Å². The number of rotatable bonds is 5. The highest BCUT2D eigenvalue weighted by Crippen LogP contribution is 2.46. The first-order chi connectivity index (χ1) is 16.6. The van der Waals surface area contributed by atoms with Crippen molar-refractivity contribution in [2.45, 2.75) is 39.2 Å². The van der Waals surface area contributed by atoms with Crippen LogP contribution in [-0.4, -0.2) is 49.1 Å². The molecule has 2 aliphatic rings. The van der Waals surface area contributed by atoms with E-state index in [0.29, 0.717) is 16.0 Å². The molecule has 0 radical (unpaired) electrons. The summed E-state index contributed by atoms with van der Waals surface area (Å²) >= 11 is 3.60. The quantitative estimate of drug-likeness (QED) is 0.473. The van der Waals surface area contributed by atoms with E-state index >= 15 is 0 Å². The van der Waals surface area contributed by atoms with Crippen molar-refractivity contribution >= 4 is 39.1 Å². The second-order valence-corrected chi connectivity index (χ2v) is 10.4. The van der Waals surface area contributed by atoms with Crippen LogP contribution < -0.4 is 10.1 Å². The number of anilines is 1. The summed E-state index contributed by atoms with van der Waals surface area (Å²) in [4.78, 5) is 27.3. The minimum atomic E-state index is -0.754. The highest BCUT2D eigenvalue weighted by atomic mass is 79.9. The maximum Gasteiger partial charge on any atom is 0.341 e. The molecule has 2 aromatic rings. The number of benzene rings is 2. The molecule has 1 N–H and O–H groups in total. The highest BCUT2D eigenvalue weighted by molar-refractivity contribution is 9.10. The smallest absolute Gasteiger partial charge is 0.341 e. The van der Waals surface area contributed by atoms with Crippen LogP contribution in [0.2, 0.25) is 0 Å². The third-order valence-electron chi connectivity index (χ3n) is 6.37. The van der Waals surface area contributed by atoms with Crippen LogP contribution in [0.15, 0.2) is 40.9 Å². The van der Waals surface area contributed by atoms with Gasteiger partial charge in [0.05, 0.1) is 16.6 Å². The molecular weight excluding hydrogens is 515 g/mol. The second kappa shape index (κ2) is 10.1. The van der Waals surface area contributed by atoms with Crippen LogP contribution in [0.5, 0.6) is 5.75 Å². The summed E-state index contributed by atoms with van der Waals surface area (Å²) in [6.45, 7) is 7.92. The first-order valence-electron chi connectivity index (χ1n) is 11.8. The number of likely N-dealkylation sites (tertiary alicyclic amines) is 1. The third-order valence-corrected chi connectivity index (χ3v) is 6.95. The lowest BCUT2D eigenvalue weighted by molar-refractivity contribution is 0.0521. The molecule has 8 heteroatoms. The standard InChI is InChI=1S/C27H30BrFN2O4/c1-5-34-26(33)19-7-6-18(14-23(19)29)30-25(32)17-12-20-21(16-8-10-31(4)11-9-16)15-27(2,3)35-24(20)22(28)13-17/h6-7,12-16H,5,8-11H2,1-4H3,(H,30,32). The molecule has 6 nitrogen and oxygen atoms in total. The number of fused-ring (bicyclic) bond motifs is 1. The first-order valence-corrected chi connectivity index (χ1v) is 12.6. The largest absolute Gasteiger partial charge is 0.482 e. The molecule has 35 heavy (non-hydrogen) atoms. The van der Waals surface area contributed by atoms with Gasteiger partial charge in [-0.2, -0.15) is 0 Å². The Morgan fingerprint density at radius 1 is 1.23 bits per heavy atom. The Kier molecular flexibility index (Phi) is 7.33. The van der Waals surface area contributed by atoms with Gasteiger partial charge in [0.25, 0.3) is 5.91 Å². The molecule has 4 rings (SSSR count). The Bertz CT molecular complexity index is 1190. The van der Waals surface area contributed by atoms with Crippen molar-refractivity contribution in [3.8, 4) is 5.75 Å². The van der Waals surface area contributed by atoms with E-state index < -0.39 is 17.4 Å². The number of nitrogens with one attached hydrogen (secondary N) is 1. The van der Waals surface area contributed by atoms with Crippen molar-refractivity contribution in [2.75, 3.05) is 32.1 Å². The van der Waals surface area contributed by atoms with Gasteiger partial charge in [-0.05, 0) is 118 Å². The van der Waals surface area contributed by atoms with E-state index in [0.717, 1.165) is 43.3 Å². The van der Waals surface area contributed by atoms with E-state index in [9.17, 15) is 14.0 Å². The van der Waals surface area contributed by atoms with Gasteiger partial charge < -0.3 is 19.7 Å². The lowest BCUT2D eigenvalue weighted by Crippen LogP contribution is -2.34. The number of carbonyl (C=O) groups excluding carboxylic acids is 2. The molecular formula is C27H30BrFN2O4. The van der Waals surface area contributed by atoms with Crippen LogP contribution in [-0.2, 0) is 4.74 Å². The van der Waals surface area contributed by atoms with Crippen molar-refractivity contribution in [2.24, 2.45) is 5.92 Å². The third kappa shape index (κ3) is 5.59. The second-order valence-electron chi connectivity index (χ2n) is 9.59. The van der Waals surface area contributed by atoms with Crippen molar-refractivity contribution in [1.29, 1.82) is 0 Å². The number of hydrogen-bond acceptors (Lipinski definition) is 5. The summed E-state index contributed by atoms with van der Waals surface area (Å²) in [6.07, 6.45) is 4.25.